The van der Waals surface area contributed by atoms with E-state index in [1.165, 1.54) is 106 Å². The van der Waals surface area contributed by atoms with Crippen LogP contribution in [0.5, 0.6) is 0 Å². The maximum absolute atomic E-state index is 2.60. The lowest BCUT2D eigenvalue weighted by atomic mass is 9.33. The molecule has 0 radical (unpaired) electrons. The predicted octanol–water partition coefficient (Wildman–Crippen LogP) is 15.5. The summed E-state index contributed by atoms with van der Waals surface area (Å²) in [4.78, 5) is 7.49. The van der Waals surface area contributed by atoms with Crippen LogP contribution in [0.3, 0.4) is 0 Å². The zero-order chi connectivity index (χ0) is 47.8. The Hall–Kier alpha value is -8.34. The van der Waals surface area contributed by atoms with Crippen molar-refractivity contribution in [1.82, 2.24) is 0 Å². The first-order valence-corrected chi connectivity index (χ1v) is 25.1. The van der Waals surface area contributed by atoms with Gasteiger partial charge in [-0.1, -0.05) is 171 Å². The van der Waals surface area contributed by atoms with Crippen LogP contribution in [-0.4, -0.2) is 6.71 Å². The topological polar surface area (TPSA) is 9.72 Å². The second-order valence-corrected chi connectivity index (χ2v) is 21.0. The maximum Gasteiger partial charge on any atom is 0.252 e. The average molecular weight is 910 g/mol. The van der Waals surface area contributed by atoms with E-state index < -0.39 is 5.41 Å². The highest BCUT2D eigenvalue weighted by molar-refractivity contribution is 7.00. The summed E-state index contributed by atoms with van der Waals surface area (Å²) in [5.41, 5.74) is 28.5. The van der Waals surface area contributed by atoms with Crippen molar-refractivity contribution in [2.24, 2.45) is 0 Å². The van der Waals surface area contributed by atoms with E-state index in [2.05, 4.69) is 274 Å². The van der Waals surface area contributed by atoms with Crippen molar-refractivity contribution in [1.29, 1.82) is 0 Å². The molecule has 0 aromatic heterocycles. The molecule has 3 nitrogen and oxygen atoms in total. The zero-order valence-corrected chi connectivity index (χ0v) is 40.8. The summed E-state index contributed by atoms with van der Waals surface area (Å²) >= 11 is 0. The van der Waals surface area contributed by atoms with E-state index in [0.717, 1.165) is 22.7 Å². The number of aryl methyl sites for hydroxylation is 2. The minimum Gasteiger partial charge on any atom is -0.311 e. The fraction of sp³-hybridized carbons (Fsp3) is 0.104. The summed E-state index contributed by atoms with van der Waals surface area (Å²) in [5.74, 6) is 0. The van der Waals surface area contributed by atoms with Gasteiger partial charge in [-0.2, -0.15) is 0 Å². The summed E-state index contributed by atoms with van der Waals surface area (Å²) in [7, 11) is 0. The van der Waals surface area contributed by atoms with Gasteiger partial charge in [0.05, 0.1) is 5.41 Å². The molecule has 10 aromatic carbocycles. The van der Waals surface area contributed by atoms with E-state index in [0.29, 0.717) is 0 Å². The Balaban J connectivity index is 0.997. The SMILES string of the molecule is Cc1ccc2c(c1)B1c3cc(C)ccc3N(c3ccc4c(c3)-c3ccccc3C43c4ccccc4-c4ccccc43)c3cc(C(C)(C)C)cc(c31)N2c1ccc(N(c2ccccc2)c2ccccc2)cc1. The van der Waals surface area contributed by atoms with Gasteiger partial charge in [-0.25, -0.2) is 0 Å². The van der Waals surface area contributed by atoms with E-state index in [-0.39, 0.29) is 12.1 Å². The summed E-state index contributed by atoms with van der Waals surface area (Å²) in [6, 6.07) is 84.6. The van der Waals surface area contributed by atoms with E-state index in [4.69, 9.17) is 0 Å². The first kappa shape index (κ1) is 41.6. The number of rotatable bonds is 5. The first-order chi connectivity index (χ1) is 34.7. The molecule has 2 aliphatic carbocycles. The van der Waals surface area contributed by atoms with Crippen molar-refractivity contribution in [2.75, 3.05) is 14.7 Å². The van der Waals surface area contributed by atoms with Gasteiger partial charge in [0.1, 0.15) is 0 Å². The van der Waals surface area contributed by atoms with Crippen LogP contribution in [0, 0.1) is 13.8 Å². The number of nitrogens with zero attached hydrogens (tertiary/aromatic N) is 3. The van der Waals surface area contributed by atoms with Gasteiger partial charge in [-0.3, -0.25) is 0 Å². The molecule has 0 fully saturated rings. The van der Waals surface area contributed by atoms with Crippen LogP contribution in [0.1, 0.15) is 59.7 Å². The van der Waals surface area contributed by atoms with Crippen LogP contribution >= 0.6 is 0 Å². The molecule has 14 rings (SSSR count). The van der Waals surface area contributed by atoms with Crippen molar-refractivity contribution in [3.63, 3.8) is 0 Å². The quantitative estimate of drug-likeness (QED) is 0.159. The lowest BCUT2D eigenvalue weighted by Crippen LogP contribution is -2.61. The van der Waals surface area contributed by atoms with Gasteiger partial charge in [0.25, 0.3) is 6.71 Å². The number of para-hydroxylation sites is 2. The van der Waals surface area contributed by atoms with E-state index in [1.54, 1.807) is 0 Å². The van der Waals surface area contributed by atoms with Crippen LogP contribution in [0.15, 0.2) is 224 Å². The smallest absolute Gasteiger partial charge is 0.252 e. The minimum atomic E-state index is -0.401. The Morgan fingerprint density at radius 2 is 0.803 bits per heavy atom. The fourth-order valence-corrected chi connectivity index (χ4v) is 12.8. The van der Waals surface area contributed by atoms with Crippen LogP contribution < -0.4 is 31.1 Å². The van der Waals surface area contributed by atoms with E-state index in [1.807, 2.05) is 0 Å². The molecule has 4 heteroatoms. The molecule has 0 unspecified atom stereocenters. The number of hydrogen-bond donors (Lipinski definition) is 0. The Labute approximate surface area is 418 Å². The van der Waals surface area contributed by atoms with Gasteiger partial charge >= 0.3 is 0 Å². The van der Waals surface area contributed by atoms with Gasteiger partial charge in [-0.15, -0.1) is 0 Å². The molecule has 0 amide bonds. The average Bonchev–Trinajstić information content (AvgIpc) is 3.86. The molecule has 338 valence electrons. The van der Waals surface area contributed by atoms with Crippen molar-refractivity contribution in [3.8, 4) is 22.3 Å². The largest absolute Gasteiger partial charge is 0.311 e. The molecule has 0 bridgehead atoms. The summed E-state index contributed by atoms with van der Waals surface area (Å²) in [5, 5.41) is 0. The maximum atomic E-state index is 2.60. The van der Waals surface area contributed by atoms with Gasteiger partial charge in [0.2, 0.25) is 0 Å². The third-order valence-corrected chi connectivity index (χ3v) is 15.9. The molecule has 10 aromatic rings. The molecular weight excluding hydrogens is 858 g/mol. The van der Waals surface area contributed by atoms with Crippen molar-refractivity contribution in [2.45, 2.75) is 45.4 Å². The number of benzene rings is 10. The van der Waals surface area contributed by atoms with Crippen molar-refractivity contribution < 1.29 is 0 Å². The molecule has 2 aliphatic heterocycles. The molecule has 0 atom stereocenters. The molecular formula is C67H52BN3. The standard InChI is InChI=1S/C67H52BN3/c1-43-28-36-61-59(38-43)68-60-39-44(2)29-37-62(60)71(50-34-35-58-54(42-50)53-24-14-17-27-57(53)67(58)55-25-15-12-22-51(55)52-23-13-16-26-56(52)67)64-41-45(66(3,4)5)40-63(65(64)68)70(61)49-32-30-48(31-33-49)69(46-18-8-6-9-19-46)47-20-10-7-11-21-47/h6-42H,1-5H3. The monoisotopic (exact) mass is 909 g/mol. The van der Waals surface area contributed by atoms with Crippen LogP contribution in [0.25, 0.3) is 22.3 Å². The zero-order valence-electron chi connectivity index (χ0n) is 40.8. The number of anilines is 9. The second kappa shape index (κ2) is 15.3. The van der Waals surface area contributed by atoms with Gasteiger partial charge < -0.3 is 14.7 Å². The Kier molecular flexibility index (Phi) is 8.99. The third-order valence-electron chi connectivity index (χ3n) is 15.9. The molecule has 0 saturated carbocycles. The molecule has 4 aliphatic rings. The van der Waals surface area contributed by atoms with Crippen LogP contribution in [-0.2, 0) is 10.8 Å². The lowest BCUT2D eigenvalue weighted by molar-refractivity contribution is 0.590. The molecule has 0 saturated heterocycles. The van der Waals surface area contributed by atoms with Gasteiger partial charge in [-0.05, 0) is 171 Å². The highest BCUT2D eigenvalue weighted by atomic mass is 15.2. The van der Waals surface area contributed by atoms with Gasteiger partial charge in [0, 0.05) is 51.2 Å². The Morgan fingerprint density at radius 3 is 1.31 bits per heavy atom. The Morgan fingerprint density at radius 1 is 0.380 bits per heavy atom. The highest BCUT2D eigenvalue weighted by Gasteiger charge is 2.52. The normalized spacial score (nSPS) is 14.0. The molecule has 2 heterocycles. The molecule has 1 spiro atoms. The highest BCUT2D eigenvalue weighted by Crippen LogP contribution is 2.63. The third kappa shape index (κ3) is 5.98. The molecule has 71 heavy (non-hydrogen) atoms. The van der Waals surface area contributed by atoms with E-state index >= 15 is 0 Å². The molecule has 0 N–H and O–H groups in total. The predicted molar refractivity (Wildman–Crippen MR) is 300 cm³/mol. The van der Waals surface area contributed by atoms with Gasteiger partial charge in [0.15, 0.2) is 0 Å². The first-order valence-electron chi connectivity index (χ1n) is 25.1. The summed E-state index contributed by atoms with van der Waals surface area (Å²) < 4.78 is 0. The van der Waals surface area contributed by atoms with Crippen molar-refractivity contribution >= 4 is 74.3 Å². The minimum absolute atomic E-state index is 0.0298. The second-order valence-electron chi connectivity index (χ2n) is 21.0. The van der Waals surface area contributed by atoms with E-state index in [9.17, 15) is 0 Å². The number of fused-ring (bicyclic) bond motifs is 14. The van der Waals surface area contributed by atoms with Crippen LogP contribution in [0.4, 0.5) is 51.2 Å². The summed E-state index contributed by atoms with van der Waals surface area (Å²) in [6.07, 6.45) is 0. The Bertz CT molecular complexity index is 3710. The fourth-order valence-electron chi connectivity index (χ4n) is 12.8. The summed E-state index contributed by atoms with van der Waals surface area (Å²) in [6.45, 7) is 11.6. The lowest BCUT2D eigenvalue weighted by Gasteiger charge is -2.45. The number of hydrogen-bond acceptors (Lipinski definition) is 3. The van der Waals surface area contributed by atoms with Crippen LogP contribution in [0.2, 0.25) is 0 Å². The van der Waals surface area contributed by atoms with Crippen molar-refractivity contribution in [3.05, 3.63) is 263 Å².